The van der Waals surface area contributed by atoms with Crippen LogP contribution in [0.15, 0.2) is 51.8 Å². The SMILES string of the molecule is CCOC(=O)C1C=CC2=C(Cc3ccccc3S2)C1=O. The highest BCUT2D eigenvalue weighted by Gasteiger charge is 2.34. The summed E-state index contributed by atoms with van der Waals surface area (Å²) < 4.78 is 4.96. The van der Waals surface area contributed by atoms with Gasteiger partial charge in [0, 0.05) is 21.8 Å². The highest BCUT2D eigenvalue weighted by atomic mass is 32.2. The highest BCUT2D eigenvalue weighted by molar-refractivity contribution is 8.03. The fraction of sp³-hybridized carbons (Fsp3) is 0.250. The standard InChI is InChI=1S/C16H14O3S/c1-2-19-16(18)11-7-8-14-12(15(11)17)9-10-5-3-4-6-13(10)20-14/h3-8,11H,2,9H2,1H3. The van der Waals surface area contributed by atoms with Crippen LogP contribution in [0.2, 0.25) is 0 Å². The number of carbonyl (C=O) groups excluding carboxylic acids is 2. The number of ether oxygens (including phenoxy) is 1. The maximum absolute atomic E-state index is 12.5. The van der Waals surface area contributed by atoms with Crippen molar-refractivity contribution in [3.05, 3.63) is 52.5 Å². The number of carbonyl (C=O) groups is 2. The van der Waals surface area contributed by atoms with Gasteiger partial charge >= 0.3 is 5.97 Å². The average molecular weight is 286 g/mol. The zero-order valence-corrected chi connectivity index (χ0v) is 11.9. The summed E-state index contributed by atoms with van der Waals surface area (Å²) >= 11 is 1.59. The molecule has 1 aromatic rings. The van der Waals surface area contributed by atoms with Gasteiger partial charge < -0.3 is 4.74 Å². The van der Waals surface area contributed by atoms with Gasteiger partial charge in [-0.2, -0.15) is 0 Å². The van der Waals surface area contributed by atoms with E-state index in [4.69, 9.17) is 4.74 Å². The third-order valence-electron chi connectivity index (χ3n) is 3.42. The zero-order chi connectivity index (χ0) is 14.1. The summed E-state index contributed by atoms with van der Waals surface area (Å²) in [6, 6.07) is 8.04. The molecule has 0 radical (unpaired) electrons. The first-order valence-electron chi connectivity index (χ1n) is 6.58. The van der Waals surface area contributed by atoms with Crippen LogP contribution in [0, 0.1) is 5.92 Å². The summed E-state index contributed by atoms with van der Waals surface area (Å²) in [6.45, 7) is 2.03. The molecule has 1 heterocycles. The van der Waals surface area contributed by atoms with Crippen LogP contribution >= 0.6 is 11.8 Å². The minimum absolute atomic E-state index is 0.122. The van der Waals surface area contributed by atoms with Crippen LogP contribution < -0.4 is 0 Å². The molecular weight excluding hydrogens is 272 g/mol. The number of allylic oxidation sites excluding steroid dienone is 2. The van der Waals surface area contributed by atoms with Gasteiger partial charge in [-0.05, 0) is 18.6 Å². The van der Waals surface area contributed by atoms with Crippen molar-refractivity contribution in [2.24, 2.45) is 5.92 Å². The maximum Gasteiger partial charge on any atom is 0.320 e. The lowest BCUT2D eigenvalue weighted by atomic mass is 9.88. The lowest BCUT2D eigenvalue weighted by Gasteiger charge is -2.25. The molecule has 3 rings (SSSR count). The van der Waals surface area contributed by atoms with Crippen molar-refractivity contribution < 1.29 is 14.3 Å². The Morgan fingerprint density at radius 2 is 2.20 bits per heavy atom. The first-order chi connectivity index (χ1) is 9.70. The molecule has 1 atom stereocenters. The second kappa shape index (κ2) is 5.29. The zero-order valence-electron chi connectivity index (χ0n) is 11.1. The number of ketones is 1. The van der Waals surface area contributed by atoms with Gasteiger partial charge in [-0.15, -0.1) is 0 Å². The van der Waals surface area contributed by atoms with Crippen molar-refractivity contribution in [2.45, 2.75) is 18.2 Å². The maximum atomic E-state index is 12.5. The number of rotatable bonds is 2. The molecule has 0 saturated carbocycles. The average Bonchev–Trinajstić information content (AvgIpc) is 2.46. The van der Waals surface area contributed by atoms with Crippen LogP contribution in [0.5, 0.6) is 0 Å². The molecule has 0 N–H and O–H groups in total. The monoisotopic (exact) mass is 286 g/mol. The van der Waals surface area contributed by atoms with E-state index in [9.17, 15) is 9.59 Å². The lowest BCUT2D eigenvalue weighted by molar-refractivity contribution is -0.148. The summed E-state index contributed by atoms with van der Waals surface area (Å²) in [6.07, 6.45) is 4.12. The topological polar surface area (TPSA) is 43.4 Å². The predicted molar refractivity (Wildman–Crippen MR) is 77.3 cm³/mol. The second-order valence-electron chi connectivity index (χ2n) is 4.68. The molecule has 0 bridgehead atoms. The Bertz CT molecular complexity index is 643. The first-order valence-corrected chi connectivity index (χ1v) is 7.40. The Kier molecular flexibility index (Phi) is 3.49. The Hall–Kier alpha value is -1.81. The smallest absolute Gasteiger partial charge is 0.320 e. The molecule has 3 nitrogen and oxygen atoms in total. The number of hydrogen-bond acceptors (Lipinski definition) is 4. The van der Waals surface area contributed by atoms with E-state index in [0.29, 0.717) is 13.0 Å². The van der Waals surface area contributed by atoms with E-state index >= 15 is 0 Å². The van der Waals surface area contributed by atoms with E-state index in [1.165, 1.54) is 4.90 Å². The van der Waals surface area contributed by atoms with Crippen LogP contribution in [0.25, 0.3) is 0 Å². The lowest BCUT2D eigenvalue weighted by Crippen LogP contribution is -2.29. The predicted octanol–water partition coefficient (Wildman–Crippen LogP) is 2.91. The Balaban J connectivity index is 1.89. The third-order valence-corrected chi connectivity index (χ3v) is 4.64. The molecule has 4 heteroatoms. The van der Waals surface area contributed by atoms with Gasteiger partial charge in [0.2, 0.25) is 0 Å². The Morgan fingerprint density at radius 1 is 1.40 bits per heavy atom. The number of benzene rings is 1. The summed E-state index contributed by atoms with van der Waals surface area (Å²) in [5, 5.41) is 0. The fourth-order valence-corrected chi connectivity index (χ4v) is 3.52. The van der Waals surface area contributed by atoms with Crippen LogP contribution in [-0.2, 0) is 20.7 Å². The highest BCUT2D eigenvalue weighted by Crippen LogP contribution is 2.41. The van der Waals surface area contributed by atoms with E-state index in [1.807, 2.05) is 24.3 Å². The van der Waals surface area contributed by atoms with Crippen molar-refractivity contribution >= 4 is 23.5 Å². The number of esters is 1. The second-order valence-corrected chi connectivity index (χ2v) is 5.77. The van der Waals surface area contributed by atoms with E-state index in [-0.39, 0.29) is 5.78 Å². The number of thioether (sulfide) groups is 1. The van der Waals surface area contributed by atoms with Crippen LogP contribution in [0.1, 0.15) is 12.5 Å². The van der Waals surface area contributed by atoms with Gasteiger partial charge in [-0.25, -0.2) is 0 Å². The molecule has 1 unspecified atom stereocenters. The molecule has 0 amide bonds. The molecular formula is C16H14O3S. The summed E-state index contributed by atoms with van der Waals surface area (Å²) in [5.74, 6) is -1.35. The summed E-state index contributed by atoms with van der Waals surface area (Å²) in [7, 11) is 0. The quantitative estimate of drug-likeness (QED) is 0.619. The van der Waals surface area contributed by atoms with Crippen LogP contribution in [0.4, 0.5) is 0 Å². The molecule has 1 aliphatic heterocycles. The molecule has 102 valence electrons. The van der Waals surface area contributed by atoms with Crippen molar-refractivity contribution in [3.8, 4) is 0 Å². The number of Topliss-reactive ketones (excluding diaryl/α,β-unsaturated/α-hetero) is 1. The minimum atomic E-state index is -0.778. The van der Waals surface area contributed by atoms with E-state index in [1.54, 1.807) is 24.8 Å². The molecule has 0 spiro atoms. The van der Waals surface area contributed by atoms with Crippen molar-refractivity contribution in [1.29, 1.82) is 0 Å². The van der Waals surface area contributed by atoms with E-state index in [0.717, 1.165) is 16.0 Å². The fourth-order valence-electron chi connectivity index (χ4n) is 2.43. The van der Waals surface area contributed by atoms with E-state index < -0.39 is 11.9 Å². The van der Waals surface area contributed by atoms with Gasteiger partial charge in [-0.1, -0.05) is 42.1 Å². The van der Waals surface area contributed by atoms with Crippen molar-refractivity contribution in [1.82, 2.24) is 0 Å². The summed E-state index contributed by atoms with van der Waals surface area (Å²) in [5.41, 5.74) is 1.87. The molecule has 1 aliphatic carbocycles. The molecule has 0 aromatic heterocycles. The largest absolute Gasteiger partial charge is 0.465 e. The van der Waals surface area contributed by atoms with Gasteiger partial charge in [0.05, 0.1) is 6.61 Å². The van der Waals surface area contributed by atoms with Gasteiger partial charge in [0.15, 0.2) is 5.78 Å². The van der Waals surface area contributed by atoms with Gasteiger partial charge in [-0.3, -0.25) is 9.59 Å². The van der Waals surface area contributed by atoms with Crippen molar-refractivity contribution in [3.63, 3.8) is 0 Å². The third kappa shape index (κ3) is 2.20. The van der Waals surface area contributed by atoms with Gasteiger partial charge in [0.1, 0.15) is 5.92 Å². The van der Waals surface area contributed by atoms with E-state index in [2.05, 4.69) is 6.07 Å². The molecule has 1 aromatic carbocycles. The Labute approximate surface area is 121 Å². The minimum Gasteiger partial charge on any atom is -0.465 e. The van der Waals surface area contributed by atoms with Crippen LogP contribution in [0.3, 0.4) is 0 Å². The molecule has 0 fully saturated rings. The normalized spacial score (nSPS) is 20.4. The number of hydrogen-bond donors (Lipinski definition) is 0. The molecule has 2 aliphatic rings. The molecule has 0 saturated heterocycles. The molecule has 20 heavy (non-hydrogen) atoms. The van der Waals surface area contributed by atoms with Gasteiger partial charge in [0.25, 0.3) is 0 Å². The first kappa shape index (κ1) is 13.2. The summed E-state index contributed by atoms with van der Waals surface area (Å²) in [4.78, 5) is 26.4. The van der Waals surface area contributed by atoms with Crippen molar-refractivity contribution in [2.75, 3.05) is 6.61 Å². The van der Waals surface area contributed by atoms with Crippen LogP contribution in [-0.4, -0.2) is 18.4 Å². The number of fused-ring (bicyclic) bond motifs is 1. The Morgan fingerprint density at radius 3 is 3.00 bits per heavy atom.